The van der Waals surface area contributed by atoms with Crippen LogP contribution in [0.5, 0.6) is 0 Å². The van der Waals surface area contributed by atoms with Gasteiger partial charge in [-0.3, -0.25) is 0 Å². The second kappa shape index (κ2) is 8.06. The first-order chi connectivity index (χ1) is 7.58. The van der Waals surface area contributed by atoms with Crippen LogP contribution in [-0.4, -0.2) is 49.1 Å². The highest BCUT2D eigenvalue weighted by Gasteiger charge is 2.35. The zero-order valence-corrected chi connectivity index (χ0v) is 9.76. The maximum atomic E-state index is 11.4. The van der Waals surface area contributed by atoms with E-state index < -0.39 is 24.1 Å². The molecule has 6 heteroatoms. The summed E-state index contributed by atoms with van der Waals surface area (Å²) >= 11 is 0. The molecule has 0 aliphatic rings. The van der Waals surface area contributed by atoms with Crippen molar-refractivity contribution in [2.75, 3.05) is 19.8 Å². The van der Waals surface area contributed by atoms with Gasteiger partial charge >= 0.3 is 11.9 Å². The Hall–Kier alpha value is -1.14. The lowest BCUT2D eigenvalue weighted by Gasteiger charge is -2.19. The summed E-state index contributed by atoms with van der Waals surface area (Å²) in [6, 6.07) is 0. The third-order valence-corrected chi connectivity index (χ3v) is 1.68. The van der Waals surface area contributed by atoms with Crippen LogP contribution in [0.25, 0.3) is 0 Å². The van der Waals surface area contributed by atoms with Crippen molar-refractivity contribution in [1.29, 1.82) is 0 Å². The van der Waals surface area contributed by atoms with E-state index in [-0.39, 0.29) is 19.8 Å². The topological polar surface area (TPSA) is 82.1 Å². The van der Waals surface area contributed by atoms with E-state index in [1.54, 1.807) is 20.8 Å². The molecule has 0 aliphatic carbocycles. The minimum Gasteiger partial charge on any atom is -0.464 e. The fourth-order valence-corrected chi connectivity index (χ4v) is 1.04. The fourth-order valence-electron chi connectivity index (χ4n) is 1.04. The Morgan fingerprint density at radius 1 is 1.00 bits per heavy atom. The van der Waals surface area contributed by atoms with E-state index in [0.29, 0.717) is 0 Å². The van der Waals surface area contributed by atoms with E-state index in [0.717, 1.165) is 0 Å². The zero-order valence-electron chi connectivity index (χ0n) is 9.76. The molecule has 94 valence electrons. The van der Waals surface area contributed by atoms with Gasteiger partial charge in [0, 0.05) is 6.61 Å². The number of rotatable bonds is 7. The lowest BCUT2D eigenvalue weighted by Crippen LogP contribution is -2.43. The minimum atomic E-state index is -1.65. The molecule has 2 unspecified atom stereocenters. The predicted molar refractivity (Wildman–Crippen MR) is 54.7 cm³/mol. The van der Waals surface area contributed by atoms with Gasteiger partial charge in [0.05, 0.1) is 13.2 Å². The molecule has 2 atom stereocenters. The Labute approximate surface area is 94.5 Å². The molecule has 0 rings (SSSR count). The molecular weight excluding hydrogens is 216 g/mol. The number of hydrogen-bond donors (Lipinski definition) is 1. The second-order valence-electron chi connectivity index (χ2n) is 2.82. The van der Waals surface area contributed by atoms with Gasteiger partial charge in [-0.15, -0.1) is 0 Å². The fraction of sp³-hybridized carbons (Fsp3) is 0.800. The molecule has 0 saturated heterocycles. The van der Waals surface area contributed by atoms with Crippen LogP contribution in [0.15, 0.2) is 0 Å². The third-order valence-electron chi connectivity index (χ3n) is 1.68. The van der Waals surface area contributed by atoms with Crippen LogP contribution in [0.2, 0.25) is 0 Å². The van der Waals surface area contributed by atoms with Gasteiger partial charge in [-0.05, 0) is 20.8 Å². The van der Waals surface area contributed by atoms with Crippen LogP contribution < -0.4 is 0 Å². The average Bonchev–Trinajstić information content (AvgIpc) is 2.25. The van der Waals surface area contributed by atoms with Crippen LogP contribution in [0.4, 0.5) is 0 Å². The summed E-state index contributed by atoms with van der Waals surface area (Å²) in [6.45, 7) is 5.32. The Bertz CT molecular complexity index is 227. The van der Waals surface area contributed by atoms with Gasteiger partial charge in [-0.2, -0.15) is 0 Å². The average molecular weight is 234 g/mol. The molecule has 0 bridgehead atoms. The monoisotopic (exact) mass is 234 g/mol. The lowest BCUT2D eigenvalue weighted by molar-refractivity contribution is -0.177. The van der Waals surface area contributed by atoms with Crippen molar-refractivity contribution in [3.8, 4) is 0 Å². The molecule has 1 N–H and O–H groups in total. The summed E-state index contributed by atoms with van der Waals surface area (Å²) in [6.07, 6.45) is -2.98. The highest BCUT2D eigenvalue weighted by molar-refractivity contribution is 5.85. The highest BCUT2D eigenvalue weighted by atomic mass is 16.6. The number of ether oxygens (including phenoxy) is 3. The van der Waals surface area contributed by atoms with E-state index in [1.165, 1.54) is 0 Å². The summed E-state index contributed by atoms with van der Waals surface area (Å²) in [5.74, 6) is -1.67. The standard InChI is InChI=1S/C10H18O6/c1-4-14-8(10(13)16-6-3)7(11)9(12)15-5-2/h7-8,11H,4-6H2,1-3H3. The van der Waals surface area contributed by atoms with E-state index >= 15 is 0 Å². The first kappa shape index (κ1) is 14.9. The van der Waals surface area contributed by atoms with Gasteiger partial charge in [0.2, 0.25) is 0 Å². The van der Waals surface area contributed by atoms with Crippen molar-refractivity contribution < 1.29 is 28.9 Å². The normalized spacial score (nSPS) is 14.0. The molecule has 0 spiro atoms. The lowest BCUT2D eigenvalue weighted by atomic mass is 10.2. The first-order valence-corrected chi connectivity index (χ1v) is 5.21. The number of carbonyl (C=O) groups excluding carboxylic acids is 2. The van der Waals surface area contributed by atoms with Crippen LogP contribution in [0, 0.1) is 0 Å². The molecule has 0 aromatic carbocycles. The van der Waals surface area contributed by atoms with Gasteiger partial charge in [0.25, 0.3) is 0 Å². The second-order valence-corrected chi connectivity index (χ2v) is 2.82. The van der Waals surface area contributed by atoms with Crippen molar-refractivity contribution in [3.63, 3.8) is 0 Å². The van der Waals surface area contributed by atoms with Crippen LogP contribution in [0.1, 0.15) is 20.8 Å². The zero-order chi connectivity index (χ0) is 12.6. The summed E-state index contributed by atoms with van der Waals surface area (Å²) in [4.78, 5) is 22.6. The van der Waals surface area contributed by atoms with E-state index in [1.807, 2.05) is 0 Å². The molecule has 0 aliphatic heterocycles. The molecular formula is C10H18O6. The SMILES string of the molecule is CCOC(=O)C(O)C(OCC)C(=O)OCC. The molecule has 6 nitrogen and oxygen atoms in total. The van der Waals surface area contributed by atoms with Crippen molar-refractivity contribution in [3.05, 3.63) is 0 Å². The number of aliphatic hydroxyl groups is 1. The summed E-state index contributed by atoms with van der Waals surface area (Å²) < 4.78 is 14.2. The van der Waals surface area contributed by atoms with Crippen LogP contribution >= 0.6 is 0 Å². The highest BCUT2D eigenvalue weighted by Crippen LogP contribution is 2.05. The minimum absolute atomic E-state index is 0.123. The number of carbonyl (C=O) groups is 2. The Morgan fingerprint density at radius 2 is 1.50 bits per heavy atom. The predicted octanol–water partition coefficient (Wildman–Crippen LogP) is -0.121. The molecule has 16 heavy (non-hydrogen) atoms. The molecule has 0 fully saturated rings. The molecule has 0 aromatic rings. The van der Waals surface area contributed by atoms with Crippen LogP contribution in [0.3, 0.4) is 0 Å². The van der Waals surface area contributed by atoms with Gasteiger partial charge in [0.1, 0.15) is 0 Å². The molecule has 0 heterocycles. The quantitative estimate of drug-likeness (QED) is 0.618. The van der Waals surface area contributed by atoms with E-state index in [2.05, 4.69) is 9.47 Å². The Kier molecular flexibility index (Phi) is 7.49. The van der Waals surface area contributed by atoms with Crippen molar-refractivity contribution in [2.24, 2.45) is 0 Å². The summed E-state index contributed by atoms with van der Waals surface area (Å²) in [7, 11) is 0. The van der Waals surface area contributed by atoms with Crippen molar-refractivity contribution >= 4 is 11.9 Å². The van der Waals surface area contributed by atoms with E-state index in [4.69, 9.17) is 4.74 Å². The van der Waals surface area contributed by atoms with Crippen molar-refractivity contribution in [2.45, 2.75) is 33.0 Å². The number of hydrogen-bond acceptors (Lipinski definition) is 6. The van der Waals surface area contributed by atoms with Crippen molar-refractivity contribution in [1.82, 2.24) is 0 Å². The molecule has 0 amide bonds. The van der Waals surface area contributed by atoms with E-state index in [9.17, 15) is 14.7 Å². The molecule has 0 aromatic heterocycles. The van der Waals surface area contributed by atoms with Crippen LogP contribution in [-0.2, 0) is 23.8 Å². The number of aliphatic hydroxyl groups excluding tert-OH is 1. The molecule has 0 radical (unpaired) electrons. The smallest absolute Gasteiger partial charge is 0.338 e. The maximum Gasteiger partial charge on any atom is 0.338 e. The Balaban J connectivity index is 4.50. The van der Waals surface area contributed by atoms with Gasteiger partial charge < -0.3 is 19.3 Å². The third kappa shape index (κ3) is 4.59. The Morgan fingerprint density at radius 3 is 1.94 bits per heavy atom. The maximum absolute atomic E-state index is 11.4. The largest absolute Gasteiger partial charge is 0.464 e. The number of esters is 2. The van der Waals surface area contributed by atoms with Gasteiger partial charge in [0.15, 0.2) is 12.2 Å². The molecule has 0 saturated carbocycles. The summed E-state index contributed by atoms with van der Waals surface area (Å²) in [5, 5.41) is 9.54. The first-order valence-electron chi connectivity index (χ1n) is 5.21. The van der Waals surface area contributed by atoms with Gasteiger partial charge in [-0.25, -0.2) is 9.59 Å². The summed E-state index contributed by atoms with van der Waals surface area (Å²) in [5.41, 5.74) is 0. The van der Waals surface area contributed by atoms with Gasteiger partial charge in [-0.1, -0.05) is 0 Å².